The molecule has 1 aromatic carbocycles. The van der Waals surface area contributed by atoms with E-state index in [0.717, 1.165) is 6.20 Å². The maximum absolute atomic E-state index is 13.7. The highest BCUT2D eigenvalue weighted by Crippen LogP contribution is 2.16. The average molecular weight is 291 g/mol. The maximum Gasteiger partial charge on any atom is 0.270 e. The quantitative estimate of drug-likeness (QED) is 0.678. The van der Waals surface area contributed by atoms with Gasteiger partial charge in [0.1, 0.15) is 17.7 Å². The van der Waals surface area contributed by atoms with E-state index in [4.69, 9.17) is 11.6 Å². The van der Waals surface area contributed by atoms with Gasteiger partial charge < -0.3 is 0 Å². The van der Waals surface area contributed by atoms with Crippen LogP contribution in [0.4, 0.5) is 4.39 Å². The van der Waals surface area contributed by atoms with Gasteiger partial charge >= 0.3 is 0 Å². The molecule has 20 heavy (non-hydrogen) atoms. The Kier molecular flexibility index (Phi) is 3.15. The molecule has 0 spiro atoms. The molecule has 0 N–H and O–H groups in total. The second kappa shape index (κ2) is 4.97. The van der Waals surface area contributed by atoms with Crippen LogP contribution < -0.4 is 5.56 Å². The van der Waals surface area contributed by atoms with Crippen molar-refractivity contribution in [1.82, 2.24) is 19.5 Å². The molecule has 5 nitrogen and oxygen atoms in total. The Morgan fingerprint density at radius 3 is 2.80 bits per heavy atom. The molecule has 100 valence electrons. The lowest BCUT2D eigenvalue weighted by Crippen LogP contribution is -2.22. The number of aromatic nitrogens is 4. The highest BCUT2D eigenvalue weighted by Gasteiger charge is 2.11. The Labute approximate surface area is 117 Å². The van der Waals surface area contributed by atoms with Gasteiger partial charge in [-0.3, -0.25) is 9.36 Å². The van der Waals surface area contributed by atoms with Crippen LogP contribution in [0.5, 0.6) is 0 Å². The predicted molar refractivity (Wildman–Crippen MR) is 72.1 cm³/mol. The first-order valence-electron chi connectivity index (χ1n) is 5.76. The van der Waals surface area contributed by atoms with E-state index >= 15 is 0 Å². The Hall–Kier alpha value is -2.34. The van der Waals surface area contributed by atoms with Crippen molar-refractivity contribution in [3.63, 3.8) is 0 Å². The number of hydrogen-bond acceptors (Lipinski definition) is 4. The molecule has 2 heterocycles. The molecule has 0 aliphatic heterocycles. The van der Waals surface area contributed by atoms with E-state index in [1.807, 2.05) is 0 Å². The van der Waals surface area contributed by atoms with Crippen LogP contribution in [0.2, 0.25) is 5.15 Å². The van der Waals surface area contributed by atoms with Crippen LogP contribution in [0.15, 0.2) is 41.6 Å². The molecule has 7 heteroatoms. The zero-order valence-electron chi connectivity index (χ0n) is 10.1. The Bertz CT molecular complexity index is 849. The first-order valence-corrected chi connectivity index (χ1v) is 6.14. The molecule has 0 aliphatic rings. The molecule has 0 aliphatic carbocycles. The zero-order valence-corrected chi connectivity index (χ0v) is 10.9. The molecule has 0 radical (unpaired) electrons. The Morgan fingerprint density at radius 2 is 2.00 bits per heavy atom. The van der Waals surface area contributed by atoms with Gasteiger partial charge in [-0.1, -0.05) is 29.8 Å². The number of nitrogens with zero attached hydrogens (tertiary/aromatic N) is 4. The summed E-state index contributed by atoms with van der Waals surface area (Å²) >= 11 is 5.91. The van der Waals surface area contributed by atoms with Crippen molar-refractivity contribution in [2.75, 3.05) is 0 Å². The summed E-state index contributed by atoms with van der Waals surface area (Å²) in [5.41, 5.74) is 0.596. The molecule has 0 saturated heterocycles. The van der Waals surface area contributed by atoms with E-state index in [1.165, 1.54) is 17.0 Å². The third kappa shape index (κ3) is 2.14. The minimum absolute atomic E-state index is 0.0534. The summed E-state index contributed by atoms with van der Waals surface area (Å²) < 4.78 is 15.0. The van der Waals surface area contributed by atoms with Crippen molar-refractivity contribution in [1.29, 1.82) is 0 Å². The van der Waals surface area contributed by atoms with Crippen LogP contribution in [0.1, 0.15) is 5.56 Å². The third-order valence-corrected chi connectivity index (χ3v) is 3.15. The first kappa shape index (κ1) is 12.7. The maximum atomic E-state index is 13.7. The lowest BCUT2D eigenvalue weighted by molar-refractivity contribution is 0.598. The van der Waals surface area contributed by atoms with Gasteiger partial charge in [0.2, 0.25) is 0 Å². The van der Waals surface area contributed by atoms with Gasteiger partial charge in [0.25, 0.3) is 5.56 Å². The van der Waals surface area contributed by atoms with Crippen molar-refractivity contribution in [3.8, 4) is 0 Å². The molecule has 0 unspecified atom stereocenters. The molecule has 2 aromatic heterocycles. The van der Waals surface area contributed by atoms with Crippen molar-refractivity contribution in [3.05, 3.63) is 63.7 Å². The lowest BCUT2D eigenvalue weighted by atomic mass is 10.2. The molecular formula is C13H8ClFN4O. The van der Waals surface area contributed by atoms with Crippen LogP contribution in [-0.2, 0) is 6.54 Å². The van der Waals surface area contributed by atoms with Crippen molar-refractivity contribution >= 4 is 22.8 Å². The fraction of sp³-hybridized carbons (Fsp3) is 0.0769. The normalized spacial score (nSPS) is 10.9. The number of hydrogen-bond donors (Lipinski definition) is 0. The molecule has 3 rings (SSSR count). The Morgan fingerprint density at radius 1 is 1.20 bits per heavy atom. The second-order valence-electron chi connectivity index (χ2n) is 4.11. The van der Waals surface area contributed by atoms with Crippen LogP contribution in [0, 0.1) is 5.82 Å². The number of benzene rings is 1. The van der Waals surface area contributed by atoms with E-state index in [1.54, 1.807) is 18.2 Å². The lowest BCUT2D eigenvalue weighted by Gasteiger charge is -2.09. The summed E-state index contributed by atoms with van der Waals surface area (Å²) in [6.45, 7) is 0.0534. The van der Waals surface area contributed by atoms with E-state index in [2.05, 4.69) is 15.0 Å². The van der Waals surface area contributed by atoms with E-state index in [0.29, 0.717) is 11.1 Å². The van der Waals surface area contributed by atoms with E-state index in [9.17, 15) is 9.18 Å². The van der Waals surface area contributed by atoms with Crippen LogP contribution in [0.3, 0.4) is 0 Å². The second-order valence-corrected chi connectivity index (χ2v) is 4.47. The smallest absolute Gasteiger partial charge is 0.270 e. The summed E-state index contributed by atoms with van der Waals surface area (Å²) in [4.78, 5) is 23.7. The molecular weight excluding hydrogens is 283 g/mol. The summed E-state index contributed by atoms with van der Waals surface area (Å²) in [5.74, 6) is -0.385. The first-order chi connectivity index (χ1) is 9.66. The molecule has 0 bridgehead atoms. The Balaban J connectivity index is 2.21. The highest BCUT2D eigenvalue weighted by atomic mass is 35.5. The van der Waals surface area contributed by atoms with Crippen molar-refractivity contribution in [2.45, 2.75) is 6.54 Å². The van der Waals surface area contributed by atoms with Crippen molar-refractivity contribution in [2.24, 2.45) is 0 Å². The molecule has 0 fully saturated rings. The SMILES string of the molecule is O=c1cnc2c(Cl)ncnc2n1Cc1ccccc1F. The van der Waals surface area contributed by atoms with Crippen LogP contribution in [0.25, 0.3) is 11.2 Å². The number of fused-ring (bicyclic) bond motifs is 1. The fourth-order valence-corrected chi connectivity index (χ4v) is 2.08. The van der Waals surface area contributed by atoms with Crippen LogP contribution >= 0.6 is 11.6 Å². The zero-order chi connectivity index (χ0) is 14.1. The molecule has 0 atom stereocenters. The fourth-order valence-electron chi connectivity index (χ4n) is 1.90. The molecule has 3 aromatic rings. The molecule has 0 amide bonds. The minimum atomic E-state index is -0.385. The van der Waals surface area contributed by atoms with Gasteiger partial charge in [0, 0.05) is 5.56 Å². The summed E-state index contributed by atoms with van der Waals surface area (Å²) in [7, 11) is 0. The third-order valence-electron chi connectivity index (χ3n) is 2.87. The summed E-state index contributed by atoms with van der Waals surface area (Å²) in [5, 5.41) is 0.150. The van der Waals surface area contributed by atoms with Gasteiger partial charge in [-0.25, -0.2) is 19.3 Å². The van der Waals surface area contributed by atoms with Crippen molar-refractivity contribution < 1.29 is 4.39 Å². The van der Waals surface area contributed by atoms with Crippen LogP contribution in [-0.4, -0.2) is 19.5 Å². The largest absolute Gasteiger partial charge is 0.285 e. The minimum Gasteiger partial charge on any atom is -0.285 e. The highest BCUT2D eigenvalue weighted by molar-refractivity contribution is 6.33. The standard InChI is InChI=1S/C13H8ClFN4O/c14-12-11-13(18-7-17-12)19(10(20)5-16-11)6-8-3-1-2-4-9(8)15/h1-5,7H,6H2. The van der Waals surface area contributed by atoms with Gasteiger partial charge in [-0.2, -0.15) is 0 Å². The number of halogens is 2. The number of rotatable bonds is 2. The van der Waals surface area contributed by atoms with Gasteiger partial charge in [0.05, 0.1) is 12.7 Å². The van der Waals surface area contributed by atoms with Gasteiger partial charge in [-0.05, 0) is 6.07 Å². The van der Waals surface area contributed by atoms with E-state index < -0.39 is 0 Å². The topological polar surface area (TPSA) is 60.7 Å². The average Bonchev–Trinajstić information content (AvgIpc) is 2.44. The molecule has 0 saturated carbocycles. The van der Waals surface area contributed by atoms with Gasteiger partial charge in [-0.15, -0.1) is 0 Å². The monoisotopic (exact) mass is 290 g/mol. The summed E-state index contributed by atoms with van der Waals surface area (Å²) in [6, 6.07) is 6.24. The van der Waals surface area contributed by atoms with Gasteiger partial charge in [0.15, 0.2) is 10.8 Å². The predicted octanol–water partition coefficient (Wildman–Crippen LogP) is 2.03. The summed E-state index contributed by atoms with van der Waals surface area (Å²) in [6.07, 6.45) is 2.36. The van der Waals surface area contributed by atoms with E-state index in [-0.39, 0.29) is 28.7 Å².